The molecule has 33 heavy (non-hydrogen) atoms. The van der Waals surface area contributed by atoms with E-state index in [9.17, 15) is 13.2 Å². The van der Waals surface area contributed by atoms with Gasteiger partial charge in [0.2, 0.25) is 10.0 Å². The molecule has 2 fully saturated rings. The molecule has 1 atom stereocenters. The Morgan fingerprint density at radius 3 is 2.67 bits per heavy atom. The maximum atomic E-state index is 12.8. The molecule has 0 saturated carbocycles. The zero-order chi connectivity index (χ0) is 23.1. The fourth-order valence-corrected chi connectivity index (χ4v) is 5.82. The molecule has 1 unspecified atom stereocenters. The first kappa shape index (κ1) is 22.0. The molecule has 1 aromatic carbocycles. The maximum Gasteiger partial charge on any atom is 0.283 e. The summed E-state index contributed by atoms with van der Waals surface area (Å²) in [5.41, 5.74) is 1.78. The quantitative estimate of drug-likeness (QED) is 0.610. The van der Waals surface area contributed by atoms with Gasteiger partial charge in [-0.2, -0.15) is 5.10 Å². The molecular formula is C23H26N4O5S. The molecule has 2 saturated heterocycles. The van der Waals surface area contributed by atoms with Crippen LogP contribution in [0.1, 0.15) is 41.9 Å². The van der Waals surface area contributed by atoms with Crippen molar-refractivity contribution in [2.24, 2.45) is 0 Å². The fraction of sp³-hybridized carbons (Fsp3) is 0.435. The van der Waals surface area contributed by atoms with Crippen LogP contribution in [0.25, 0.3) is 16.7 Å². The van der Waals surface area contributed by atoms with Gasteiger partial charge in [0.25, 0.3) is 5.91 Å². The Bertz CT molecular complexity index is 1280. The van der Waals surface area contributed by atoms with Gasteiger partial charge in [-0.1, -0.05) is 18.2 Å². The van der Waals surface area contributed by atoms with Gasteiger partial charge in [0.05, 0.1) is 28.8 Å². The number of aryl methyl sites for hydroxylation is 1. The second-order valence-corrected chi connectivity index (χ2v) is 10.5. The van der Waals surface area contributed by atoms with Gasteiger partial charge in [-0.3, -0.25) is 4.79 Å². The first-order valence-corrected chi connectivity index (χ1v) is 12.7. The lowest BCUT2D eigenvalue weighted by atomic mass is 9.91. The molecule has 2 aromatic heterocycles. The second-order valence-electron chi connectivity index (χ2n) is 8.69. The van der Waals surface area contributed by atoms with E-state index in [-0.39, 0.29) is 17.0 Å². The van der Waals surface area contributed by atoms with E-state index in [4.69, 9.17) is 9.47 Å². The summed E-state index contributed by atoms with van der Waals surface area (Å²) in [6.07, 6.45) is 2.56. The number of hydrogen-bond acceptors (Lipinski definition) is 7. The zero-order valence-corrected chi connectivity index (χ0v) is 19.2. The van der Waals surface area contributed by atoms with Gasteiger partial charge in [0.15, 0.2) is 5.65 Å². The minimum Gasteiger partial charge on any atom is -0.381 e. The van der Waals surface area contributed by atoms with Gasteiger partial charge in [-0.05, 0) is 56.9 Å². The Balaban J connectivity index is 1.32. The molecule has 2 aliphatic rings. The number of rotatable bonds is 5. The van der Waals surface area contributed by atoms with E-state index in [0.29, 0.717) is 25.3 Å². The lowest BCUT2D eigenvalue weighted by molar-refractivity contribution is -0.0979. The van der Waals surface area contributed by atoms with Crippen molar-refractivity contribution in [1.82, 2.24) is 19.5 Å². The molecule has 5 rings (SSSR count). The Morgan fingerprint density at radius 2 is 1.91 bits per heavy atom. The molecule has 1 N–H and O–H groups in total. The number of para-hydroxylation sites is 1. The van der Waals surface area contributed by atoms with Crippen LogP contribution in [-0.4, -0.2) is 59.8 Å². The summed E-state index contributed by atoms with van der Waals surface area (Å²) in [6.45, 7) is 3.12. The SMILES string of the molecule is Cc1nn(-c2ccccc2)c2nc(C(=O)NS(=O)(=O)CC3CCC4(CCOCC4)O3)ccc12. The Labute approximate surface area is 192 Å². The summed E-state index contributed by atoms with van der Waals surface area (Å²) in [5, 5.41) is 5.31. The molecule has 4 heterocycles. The first-order valence-electron chi connectivity index (χ1n) is 11.1. The van der Waals surface area contributed by atoms with Crippen LogP contribution in [0.5, 0.6) is 0 Å². The number of ether oxygens (including phenoxy) is 2. The third-order valence-electron chi connectivity index (χ3n) is 6.35. The van der Waals surface area contributed by atoms with E-state index in [1.54, 1.807) is 10.7 Å². The summed E-state index contributed by atoms with van der Waals surface area (Å²) < 4.78 is 40.7. The minimum atomic E-state index is -3.90. The zero-order valence-electron chi connectivity index (χ0n) is 18.4. The molecule has 0 bridgehead atoms. The third kappa shape index (κ3) is 4.50. The lowest BCUT2D eigenvalue weighted by Crippen LogP contribution is -2.40. The van der Waals surface area contributed by atoms with Crippen LogP contribution in [0.4, 0.5) is 0 Å². The highest BCUT2D eigenvalue weighted by Crippen LogP contribution is 2.38. The molecule has 174 valence electrons. The molecule has 0 radical (unpaired) electrons. The van der Waals surface area contributed by atoms with Crippen molar-refractivity contribution in [3.63, 3.8) is 0 Å². The number of sulfonamides is 1. The number of carbonyl (C=O) groups excluding carboxylic acids is 1. The summed E-state index contributed by atoms with van der Waals surface area (Å²) in [5.74, 6) is -1.03. The molecule has 3 aromatic rings. The predicted octanol–water partition coefficient (Wildman–Crippen LogP) is 2.52. The van der Waals surface area contributed by atoms with E-state index in [1.165, 1.54) is 6.07 Å². The van der Waals surface area contributed by atoms with E-state index >= 15 is 0 Å². The first-order chi connectivity index (χ1) is 15.8. The van der Waals surface area contributed by atoms with E-state index in [1.807, 2.05) is 37.3 Å². The van der Waals surface area contributed by atoms with Crippen molar-refractivity contribution in [2.75, 3.05) is 19.0 Å². The number of aromatic nitrogens is 3. The van der Waals surface area contributed by atoms with Crippen molar-refractivity contribution in [2.45, 2.75) is 44.3 Å². The fourth-order valence-electron chi connectivity index (χ4n) is 4.62. The largest absolute Gasteiger partial charge is 0.381 e. The second kappa shape index (κ2) is 8.51. The maximum absolute atomic E-state index is 12.8. The summed E-state index contributed by atoms with van der Waals surface area (Å²) in [7, 11) is -3.90. The van der Waals surface area contributed by atoms with Crippen molar-refractivity contribution < 1.29 is 22.7 Å². The monoisotopic (exact) mass is 470 g/mol. The van der Waals surface area contributed by atoms with Crippen molar-refractivity contribution in [1.29, 1.82) is 0 Å². The van der Waals surface area contributed by atoms with Crippen LogP contribution in [0.3, 0.4) is 0 Å². The number of nitrogens with one attached hydrogen (secondary N) is 1. The predicted molar refractivity (Wildman–Crippen MR) is 122 cm³/mol. The summed E-state index contributed by atoms with van der Waals surface area (Å²) in [6, 6.07) is 12.7. The van der Waals surface area contributed by atoms with Gasteiger partial charge in [-0.25, -0.2) is 22.8 Å². The number of benzene rings is 1. The highest BCUT2D eigenvalue weighted by Gasteiger charge is 2.42. The van der Waals surface area contributed by atoms with Crippen molar-refractivity contribution in [3.8, 4) is 5.69 Å². The summed E-state index contributed by atoms with van der Waals surface area (Å²) >= 11 is 0. The van der Waals surface area contributed by atoms with Crippen LogP contribution in [0.15, 0.2) is 42.5 Å². The van der Waals surface area contributed by atoms with Crippen LogP contribution < -0.4 is 4.72 Å². The minimum absolute atomic E-state index is 0.0106. The normalized spacial score (nSPS) is 20.3. The summed E-state index contributed by atoms with van der Waals surface area (Å²) in [4.78, 5) is 17.2. The van der Waals surface area contributed by atoms with Crippen LogP contribution in [0.2, 0.25) is 0 Å². The van der Waals surface area contributed by atoms with Crippen LogP contribution in [-0.2, 0) is 19.5 Å². The smallest absolute Gasteiger partial charge is 0.283 e. The van der Waals surface area contributed by atoms with Gasteiger partial charge < -0.3 is 9.47 Å². The van der Waals surface area contributed by atoms with E-state index in [0.717, 1.165) is 36.0 Å². The number of amides is 1. The van der Waals surface area contributed by atoms with Crippen molar-refractivity contribution in [3.05, 3.63) is 53.9 Å². The van der Waals surface area contributed by atoms with Crippen LogP contribution >= 0.6 is 0 Å². The molecule has 2 aliphatic heterocycles. The average molecular weight is 471 g/mol. The number of pyridine rings is 1. The van der Waals surface area contributed by atoms with Gasteiger partial charge in [-0.15, -0.1) is 0 Å². The Hall–Kier alpha value is -2.82. The molecule has 1 spiro atoms. The van der Waals surface area contributed by atoms with Gasteiger partial charge in [0, 0.05) is 18.6 Å². The Kier molecular flexibility index (Phi) is 5.67. The number of nitrogens with zero attached hydrogens (tertiary/aromatic N) is 3. The standard InChI is InChI=1S/C23H26N4O5S/c1-16-19-7-8-20(24-21(19)27(25-16)17-5-3-2-4-6-17)22(28)26-33(29,30)15-18-9-10-23(32-18)11-13-31-14-12-23/h2-8,18H,9-15H2,1H3,(H,26,28). The van der Waals surface area contributed by atoms with Gasteiger partial charge in [0.1, 0.15) is 5.69 Å². The van der Waals surface area contributed by atoms with E-state index in [2.05, 4.69) is 14.8 Å². The van der Waals surface area contributed by atoms with Gasteiger partial charge >= 0.3 is 0 Å². The number of fused-ring (bicyclic) bond motifs is 1. The average Bonchev–Trinajstić information content (AvgIpc) is 3.34. The number of hydrogen-bond donors (Lipinski definition) is 1. The highest BCUT2D eigenvalue weighted by atomic mass is 32.2. The molecule has 0 aliphatic carbocycles. The highest BCUT2D eigenvalue weighted by molar-refractivity contribution is 7.90. The topological polar surface area (TPSA) is 112 Å². The van der Waals surface area contributed by atoms with Crippen molar-refractivity contribution >= 4 is 27.0 Å². The third-order valence-corrected chi connectivity index (χ3v) is 7.65. The molecule has 1 amide bonds. The molecular weight excluding hydrogens is 444 g/mol. The lowest BCUT2D eigenvalue weighted by Gasteiger charge is -2.33. The molecule has 9 nitrogen and oxygen atoms in total. The molecule has 10 heteroatoms. The Morgan fingerprint density at radius 1 is 1.15 bits per heavy atom. The van der Waals surface area contributed by atoms with E-state index < -0.39 is 22.0 Å². The number of carbonyl (C=O) groups is 1. The van der Waals surface area contributed by atoms with Crippen LogP contribution in [0, 0.1) is 6.92 Å².